The van der Waals surface area contributed by atoms with Crippen LogP contribution in [0.3, 0.4) is 0 Å². The minimum atomic E-state index is -3.77. The van der Waals surface area contributed by atoms with Gasteiger partial charge in [0.2, 0.25) is 0 Å². The number of nitrogens with one attached hydrogen (secondary N) is 1. The molecule has 1 aromatic carbocycles. The van der Waals surface area contributed by atoms with E-state index in [9.17, 15) is 13.2 Å². The fourth-order valence-corrected chi connectivity index (χ4v) is 1.62. The summed E-state index contributed by atoms with van der Waals surface area (Å²) in [5, 5.41) is 11.3. The molecule has 0 unspecified atom stereocenters. The number of hydrogen-bond donors (Lipinski definition) is 2. The Morgan fingerprint density at radius 2 is 1.93 bits per heavy atom. The summed E-state index contributed by atoms with van der Waals surface area (Å²) in [6.45, 7) is 0. The van der Waals surface area contributed by atoms with E-state index in [0.29, 0.717) is 6.21 Å². The summed E-state index contributed by atoms with van der Waals surface area (Å²) in [4.78, 5) is 11.8. The van der Waals surface area contributed by atoms with Crippen LogP contribution in [-0.4, -0.2) is 25.7 Å². The SMILES string of the molecule is O=C(O)/C=N\NS(=O)(=O)c1ccccc1. The smallest absolute Gasteiger partial charge is 0.348 e. The van der Waals surface area contributed by atoms with Crippen molar-refractivity contribution in [3.63, 3.8) is 0 Å². The molecular weight excluding hydrogens is 220 g/mol. The maximum Gasteiger partial charge on any atom is 0.348 e. The zero-order chi connectivity index (χ0) is 11.3. The summed E-state index contributed by atoms with van der Waals surface area (Å²) in [6, 6.07) is 7.52. The molecule has 1 rings (SSSR count). The highest BCUT2D eigenvalue weighted by atomic mass is 32.2. The molecule has 6 nitrogen and oxygen atoms in total. The molecule has 0 heterocycles. The van der Waals surface area contributed by atoms with Crippen LogP contribution in [0.15, 0.2) is 40.3 Å². The molecule has 2 N–H and O–H groups in total. The fraction of sp³-hybridized carbons (Fsp3) is 0. The lowest BCUT2D eigenvalue weighted by molar-refractivity contribution is -0.128. The summed E-state index contributed by atoms with van der Waals surface area (Å²) < 4.78 is 22.8. The second kappa shape index (κ2) is 4.56. The molecule has 0 spiro atoms. The third kappa shape index (κ3) is 3.39. The normalized spacial score (nSPS) is 11.5. The largest absolute Gasteiger partial charge is 0.477 e. The minimum Gasteiger partial charge on any atom is -0.477 e. The van der Waals surface area contributed by atoms with E-state index in [1.807, 2.05) is 0 Å². The van der Waals surface area contributed by atoms with E-state index in [-0.39, 0.29) is 4.90 Å². The zero-order valence-corrected chi connectivity index (χ0v) is 8.31. The molecule has 0 aliphatic carbocycles. The van der Waals surface area contributed by atoms with E-state index < -0.39 is 16.0 Å². The number of carbonyl (C=O) groups is 1. The number of rotatable bonds is 4. The van der Waals surface area contributed by atoms with E-state index >= 15 is 0 Å². The summed E-state index contributed by atoms with van der Waals surface area (Å²) in [5.74, 6) is -1.33. The van der Waals surface area contributed by atoms with Crippen LogP contribution in [0.5, 0.6) is 0 Å². The highest BCUT2D eigenvalue weighted by Gasteiger charge is 2.10. The van der Waals surface area contributed by atoms with Crippen molar-refractivity contribution in [1.82, 2.24) is 4.83 Å². The number of carboxylic acid groups (broad SMARTS) is 1. The number of hydrazone groups is 1. The molecule has 0 amide bonds. The van der Waals surface area contributed by atoms with Crippen LogP contribution < -0.4 is 4.83 Å². The lowest BCUT2D eigenvalue weighted by atomic mass is 10.4. The van der Waals surface area contributed by atoms with E-state index in [4.69, 9.17) is 5.11 Å². The lowest BCUT2D eigenvalue weighted by Crippen LogP contribution is -2.19. The van der Waals surface area contributed by atoms with E-state index in [0.717, 1.165) is 0 Å². The summed E-state index contributed by atoms with van der Waals surface area (Å²) in [6.07, 6.45) is 0.459. The van der Waals surface area contributed by atoms with Crippen LogP contribution in [0, 0.1) is 0 Å². The van der Waals surface area contributed by atoms with E-state index in [2.05, 4.69) is 5.10 Å². The predicted molar refractivity (Wildman–Crippen MR) is 52.9 cm³/mol. The summed E-state index contributed by atoms with van der Waals surface area (Å²) >= 11 is 0. The molecule has 0 saturated carbocycles. The monoisotopic (exact) mass is 228 g/mol. The molecule has 0 radical (unpaired) electrons. The Balaban J connectivity index is 2.82. The van der Waals surface area contributed by atoms with Gasteiger partial charge >= 0.3 is 5.97 Å². The Kier molecular flexibility index (Phi) is 3.40. The van der Waals surface area contributed by atoms with Crippen molar-refractivity contribution in [3.8, 4) is 0 Å². The van der Waals surface area contributed by atoms with Gasteiger partial charge in [-0.25, -0.2) is 4.79 Å². The Morgan fingerprint density at radius 1 is 1.33 bits per heavy atom. The van der Waals surface area contributed by atoms with Crippen LogP contribution in [-0.2, 0) is 14.8 Å². The second-order valence-electron chi connectivity index (χ2n) is 2.50. The van der Waals surface area contributed by atoms with E-state index in [1.165, 1.54) is 12.1 Å². The summed E-state index contributed by atoms with van der Waals surface area (Å²) in [5.41, 5.74) is 0. The maximum absolute atomic E-state index is 11.4. The first-order valence-electron chi connectivity index (χ1n) is 3.85. The molecule has 0 fully saturated rings. The fourth-order valence-electron chi connectivity index (χ4n) is 0.803. The average Bonchev–Trinajstić information content (AvgIpc) is 2.18. The molecule has 7 heteroatoms. The third-order valence-electron chi connectivity index (χ3n) is 1.40. The van der Waals surface area contributed by atoms with Crippen LogP contribution in [0.1, 0.15) is 0 Å². The molecule has 1 aromatic rings. The molecule has 0 aliphatic rings. The second-order valence-corrected chi connectivity index (χ2v) is 4.17. The van der Waals surface area contributed by atoms with Crippen molar-refractivity contribution in [2.45, 2.75) is 4.90 Å². The number of aliphatic carboxylic acids is 1. The first kappa shape index (κ1) is 11.2. The van der Waals surface area contributed by atoms with Crippen LogP contribution in [0.4, 0.5) is 0 Å². The van der Waals surface area contributed by atoms with Gasteiger partial charge in [-0.3, -0.25) is 0 Å². The molecule has 0 atom stereocenters. The molecular formula is C8H8N2O4S. The van der Waals surface area contributed by atoms with Gasteiger partial charge in [-0.2, -0.15) is 18.4 Å². The van der Waals surface area contributed by atoms with Crippen LogP contribution >= 0.6 is 0 Å². The quantitative estimate of drug-likeness (QED) is 0.561. The standard InChI is InChI=1S/C8H8N2O4S/c11-8(12)6-9-10-15(13,14)7-4-2-1-3-5-7/h1-6,10H,(H,11,12)/b9-6-. The van der Waals surface area contributed by atoms with Crippen molar-refractivity contribution < 1.29 is 18.3 Å². The van der Waals surface area contributed by atoms with Gasteiger partial charge in [0.25, 0.3) is 10.0 Å². The van der Waals surface area contributed by atoms with Crippen molar-refractivity contribution in [2.75, 3.05) is 0 Å². The molecule has 15 heavy (non-hydrogen) atoms. The highest BCUT2D eigenvalue weighted by Crippen LogP contribution is 2.06. The molecule has 0 bridgehead atoms. The number of nitrogens with zero attached hydrogens (tertiary/aromatic N) is 1. The Hall–Kier alpha value is -1.89. The van der Waals surface area contributed by atoms with Gasteiger partial charge in [0.1, 0.15) is 6.21 Å². The van der Waals surface area contributed by atoms with Gasteiger partial charge < -0.3 is 5.11 Å². The topological polar surface area (TPSA) is 95.8 Å². The number of sulfonamides is 1. The molecule has 80 valence electrons. The minimum absolute atomic E-state index is 0.0209. The predicted octanol–water partition coefficient (Wildman–Crippen LogP) is 0.0353. The van der Waals surface area contributed by atoms with Crippen molar-refractivity contribution in [2.24, 2.45) is 5.10 Å². The highest BCUT2D eigenvalue weighted by molar-refractivity contribution is 7.89. The van der Waals surface area contributed by atoms with Gasteiger partial charge in [-0.15, -0.1) is 0 Å². The van der Waals surface area contributed by atoms with Crippen molar-refractivity contribution in [1.29, 1.82) is 0 Å². The van der Waals surface area contributed by atoms with Gasteiger partial charge in [-0.1, -0.05) is 18.2 Å². The number of carboxylic acids is 1. The number of benzene rings is 1. The van der Waals surface area contributed by atoms with Gasteiger partial charge in [0.05, 0.1) is 4.90 Å². The maximum atomic E-state index is 11.4. The van der Waals surface area contributed by atoms with Gasteiger partial charge in [-0.05, 0) is 12.1 Å². The average molecular weight is 228 g/mol. The molecule has 0 aromatic heterocycles. The third-order valence-corrected chi connectivity index (χ3v) is 2.64. The van der Waals surface area contributed by atoms with Gasteiger partial charge in [0, 0.05) is 0 Å². The van der Waals surface area contributed by atoms with Crippen molar-refractivity contribution in [3.05, 3.63) is 30.3 Å². The Morgan fingerprint density at radius 3 is 2.47 bits per heavy atom. The zero-order valence-electron chi connectivity index (χ0n) is 7.49. The Bertz CT molecular complexity index is 467. The first-order valence-corrected chi connectivity index (χ1v) is 5.33. The van der Waals surface area contributed by atoms with E-state index in [1.54, 1.807) is 23.0 Å². The van der Waals surface area contributed by atoms with Crippen LogP contribution in [0.2, 0.25) is 0 Å². The Labute approximate surface area is 86.3 Å². The number of hydrogen-bond acceptors (Lipinski definition) is 4. The first-order chi connectivity index (χ1) is 7.02. The lowest BCUT2D eigenvalue weighted by Gasteiger charge is -2.01. The van der Waals surface area contributed by atoms with Crippen LogP contribution in [0.25, 0.3) is 0 Å². The molecule has 0 aliphatic heterocycles. The van der Waals surface area contributed by atoms with Gasteiger partial charge in [0.15, 0.2) is 0 Å². The molecule has 0 saturated heterocycles. The van der Waals surface area contributed by atoms with Crippen molar-refractivity contribution >= 4 is 22.2 Å². The summed E-state index contributed by atoms with van der Waals surface area (Å²) in [7, 11) is -3.77.